The Morgan fingerprint density at radius 3 is 2.42 bits per heavy atom. The minimum atomic E-state index is -0.0526. The molecule has 2 rings (SSSR count). The van der Waals surface area contributed by atoms with Crippen LogP contribution in [0.5, 0.6) is 5.75 Å². The highest BCUT2D eigenvalue weighted by atomic mass is 35.5. The summed E-state index contributed by atoms with van der Waals surface area (Å²) in [5, 5.41) is 3.61. The predicted octanol–water partition coefficient (Wildman–Crippen LogP) is 4.05. The Morgan fingerprint density at radius 1 is 1.08 bits per heavy atom. The Morgan fingerprint density at radius 2 is 1.77 bits per heavy atom. The molecule has 0 saturated carbocycles. The topological polar surface area (TPSA) is 41.6 Å². The number of carbonyl (C=O) groups excluding carboxylic acids is 1. The number of benzene rings is 2. The van der Waals surface area contributed by atoms with Gasteiger partial charge in [0.1, 0.15) is 5.75 Å². The fourth-order valence-electron chi connectivity index (χ4n) is 2.89. The van der Waals surface area contributed by atoms with E-state index in [1.807, 2.05) is 12.1 Å². The number of nitrogens with zero attached hydrogens (tertiary/aromatic N) is 1. The van der Waals surface area contributed by atoms with Gasteiger partial charge >= 0.3 is 0 Å². The number of carbonyl (C=O) groups is 1. The fraction of sp³-hybridized carbons (Fsp3) is 0.381. The van der Waals surface area contributed by atoms with Gasteiger partial charge in [-0.25, -0.2) is 0 Å². The molecule has 0 fully saturated rings. The number of nitrogens with one attached hydrogen (secondary N) is 1. The summed E-state index contributed by atoms with van der Waals surface area (Å²) in [6.45, 7) is 7.73. The monoisotopic (exact) mass is 374 g/mol. The van der Waals surface area contributed by atoms with Crippen LogP contribution in [-0.2, 0) is 24.3 Å². The van der Waals surface area contributed by atoms with E-state index in [4.69, 9.17) is 16.3 Å². The van der Waals surface area contributed by atoms with Crippen LogP contribution < -0.4 is 10.1 Å². The van der Waals surface area contributed by atoms with Crippen LogP contribution in [0, 0.1) is 0 Å². The lowest BCUT2D eigenvalue weighted by Gasteiger charge is -2.20. The SMILES string of the molecule is CCN(CC)Cc1ccccc1CNC(=O)Cc1cc(Cl)ccc1OC. The summed E-state index contributed by atoms with van der Waals surface area (Å²) in [7, 11) is 1.59. The first-order chi connectivity index (χ1) is 12.6. The van der Waals surface area contributed by atoms with E-state index >= 15 is 0 Å². The zero-order valence-corrected chi connectivity index (χ0v) is 16.5. The Hall–Kier alpha value is -2.04. The number of hydrogen-bond acceptors (Lipinski definition) is 3. The second-order valence-electron chi connectivity index (χ2n) is 6.14. The molecule has 5 heteroatoms. The summed E-state index contributed by atoms with van der Waals surface area (Å²) in [6, 6.07) is 13.6. The van der Waals surface area contributed by atoms with Crippen molar-refractivity contribution < 1.29 is 9.53 Å². The molecule has 1 amide bonds. The van der Waals surface area contributed by atoms with Gasteiger partial charge in [-0.05, 0) is 42.4 Å². The predicted molar refractivity (Wildman–Crippen MR) is 107 cm³/mol. The molecule has 2 aromatic rings. The van der Waals surface area contributed by atoms with Crippen LogP contribution in [0.4, 0.5) is 0 Å². The molecule has 0 bridgehead atoms. The van der Waals surface area contributed by atoms with Crippen LogP contribution in [0.15, 0.2) is 42.5 Å². The number of rotatable bonds is 9. The van der Waals surface area contributed by atoms with Crippen molar-refractivity contribution >= 4 is 17.5 Å². The largest absolute Gasteiger partial charge is 0.496 e. The van der Waals surface area contributed by atoms with Gasteiger partial charge in [0.05, 0.1) is 13.5 Å². The van der Waals surface area contributed by atoms with Crippen molar-refractivity contribution in [1.82, 2.24) is 10.2 Å². The number of halogens is 1. The van der Waals surface area contributed by atoms with E-state index < -0.39 is 0 Å². The molecule has 0 aliphatic carbocycles. The lowest BCUT2D eigenvalue weighted by molar-refractivity contribution is -0.120. The first-order valence-corrected chi connectivity index (χ1v) is 9.33. The van der Waals surface area contributed by atoms with Gasteiger partial charge in [-0.2, -0.15) is 0 Å². The van der Waals surface area contributed by atoms with Crippen molar-refractivity contribution in [1.29, 1.82) is 0 Å². The molecule has 0 heterocycles. The summed E-state index contributed by atoms with van der Waals surface area (Å²) < 4.78 is 5.31. The first kappa shape index (κ1) is 20.3. The smallest absolute Gasteiger partial charge is 0.224 e. The number of amides is 1. The zero-order valence-electron chi connectivity index (χ0n) is 15.7. The Kier molecular flexibility index (Phi) is 7.95. The quantitative estimate of drug-likeness (QED) is 0.720. The Labute approximate surface area is 161 Å². The van der Waals surface area contributed by atoms with Crippen LogP contribution in [0.1, 0.15) is 30.5 Å². The average Bonchev–Trinajstić information content (AvgIpc) is 2.65. The molecular formula is C21H27ClN2O2. The lowest BCUT2D eigenvalue weighted by Crippen LogP contribution is -2.27. The van der Waals surface area contributed by atoms with Crippen molar-refractivity contribution in [3.63, 3.8) is 0 Å². The minimum absolute atomic E-state index is 0.0526. The third kappa shape index (κ3) is 5.75. The minimum Gasteiger partial charge on any atom is -0.496 e. The van der Waals surface area contributed by atoms with Gasteiger partial charge in [0, 0.05) is 23.7 Å². The van der Waals surface area contributed by atoms with Gasteiger partial charge in [0.25, 0.3) is 0 Å². The molecular weight excluding hydrogens is 348 g/mol. The number of hydrogen-bond donors (Lipinski definition) is 1. The van der Waals surface area contributed by atoms with E-state index in [9.17, 15) is 4.79 Å². The fourth-order valence-corrected chi connectivity index (χ4v) is 3.08. The molecule has 2 aromatic carbocycles. The molecule has 26 heavy (non-hydrogen) atoms. The maximum absolute atomic E-state index is 12.4. The molecule has 0 radical (unpaired) electrons. The summed E-state index contributed by atoms with van der Waals surface area (Å²) in [4.78, 5) is 14.7. The van der Waals surface area contributed by atoms with E-state index in [2.05, 4.69) is 36.2 Å². The third-order valence-corrected chi connectivity index (χ3v) is 4.71. The lowest BCUT2D eigenvalue weighted by atomic mass is 10.1. The summed E-state index contributed by atoms with van der Waals surface area (Å²) in [5.74, 6) is 0.620. The number of ether oxygens (including phenoxy) is 1. The molecule has 0 unspecified atom stereocenters. The van der Waals surface area contributed by atoms with Crippen LogP contribution in [-0.4, -0.2) is 31.0 Å². The van der Waals surface area contributed by atoms with Gasteiger partial charge in [-0.1, -0.05) is 49.7 Å². The summed E-state index contributed by atoms with van der Waals surface area (Å²) >= 11 is 6.03. The van der Waals surface area contributed by atoms with Crippen molar-refractivity contribution in [3.8, 4) is 5.75 Å². The van der Waals surface area contributed by atoms with Crippen molar-refractivity contribution in [3.05, 3.63) is 64.2 Å². The molecule has 0 atom stereocenters. The molecule has 0 spiro atoms. The van der Waals surface area contributed by atoms with E-state index in [-0.39, 0.29) is 12.3 Å². The van der Waals surface area contributed by atoms with E-state index in [1.54, 1.807) is 25.3 Å². The standard InChI is InChI=1S/C21H27ClN2O2/c1-4-24(5-2)15-17-9-7-6-8-16(17)14-23-21(25)13-18-12-19(22)10-11-20(18)26-3/h6-12H,4-5,13-15H2,1-3H3,(H,23,25). The highest BCUT2D eigenvalue weighted by molar-refractivity contribution is 6.30. The zero-order chi connectivity index (χ0) is 18.9. The molecule has 0 aliphatic rings. The van der Waals surface area contributed by atoms with Crippen LogP contribution in [0.25, 0.3) is 0 Å². The average molecular weight is 375 g/mol. The van der Waals surface area contributed by atoms with Gasteiger partial charge in [-0.15, -0.1) is 0 Å². The van der Waals surface area contributed by atoms with Gasteiger partial charge in [0.2, 0.25) is 5.91 Å². The van der Waals surface area contributed by atoms with Gasteiger partial charge < -0.3 is 10.1 Å². The van der Waals surface area contributed by atoms with E-state index in [0.29, 0.717) is 17.3 Å². The molecule has 0 aliphatic heterocycles. The normalized spacial score (nSPS) is 10.8. The molecule has 4 nitrogen and oxygen atoms in total. The highest BCUT2D eigenvalue weighted by Gasteiger charge is 2.11. The molecule has 1 N–H and O–H groups in total. The Balaban J connectivity index is 2.01. The number of methoxy groups -OCH3 is 1. The second-order valence-corrected chi connectivity index (χ2v) is 6.58. The van der Waals surface area contributed by atoms with Crippen LogP contribution >= 0.6 is 11.6 Å². The third-order valence-electron chi connectivity index (χ3n) is 4.48. The van der Waals surface area contributed by atoms with Crippen LogP contribution in [0.3, 0.4) is 0 Å². The van der Waals surface area contributed by atoms with Crippen molar-refractivity contribution in [2.75, 3.05) is 20.2 Å². The van der Waals surface area contributed by atoms with E-state index in [0.717, 1.165) is 30.8 Å². The highest BCUT2D eigenvalue weighted by Crippen LogP contribution is 2.23. The van der Waals surface area contributed by atoms with Crippen molar-refractivity contribution in [2.45, 2.75) is 33.4 Å². The Bertz CT molecular complexity index is 730. The molecule has 0 saturated heterocycles. The second kappa shape index (κ2) is 10.2. The van der Waals surface area contributed by atoms with Crippen LogP contribution in [0.2, 0.25) is 5.02 Å². The maximum Gasteiger partial charge on any atom is 0.224 e. The molecule has 140 valence electrons. The first-order valence-electron chi connectivity index (χ1n) is 8.95. The molecule has 0 aromatic heterocycles. The van der Waals surface area contributed by atoms with E-state index in [1.165, 1.54) is 5.56 Å². The van der Waals surface area contributed by atoms with Crippen molar-refractivity contribution in [2.24, 2.45) is 0 Å². The maximum atomic E-state index is 12.4. The van der Waals surface area contributed by atoms with Gasteiger partial charge in [0.15, 0.2) is 0 Å². The summed E-state index contributed by atoms with van der Waals surface area (Å²) in [6.07, 6.45) is 0.238. The van der Waals surface area contributed by atoms with Gasteiger partial charge in [-0.3, -0.25) is 9.69 Å². The summed E-state index contributed by atoms with van der Waals surface area (Å²) in [5.41, 5.74) is 3.18.